The molecule has 0 spiro atoms. The standard InChI is InChI=1S/C17H24ClN7O2S/c1-24-10-12(7-21-24)22-17-20-9-15(18)16(23-17)19-8-13-3-2-5-25(13)14-4-6-28(26,27)11-14/h7,9-10,13-14H,2-6,8,11H2,1H3,(H2,19,20,22,23)/t13-,14?/m1/s1. The Bertz CT molecular complexity index is 949. The summed E-state index contributed by atoms with van der Waals surface area (Å²) in [4.78, 5) is 11.0. The van der Waals surface area contributed by atoms with Crippen LogP contribution in [0.1, 0.15) is 19.3 Å². The molecule has 0 amide bonds. The van der Waals surface area contributed by atoms with E-state index in [-0.39, 0.29) is 17.8 Å². The Balaban J connectivity index is 1.40. The van der Waals surface area contributed by atoms with Crippen molar-refractivity contribution in [2.75, 3.05) is 35.2 Å². The zero-order valence-electron chi connectivity index (χ0n) is 15.7. The van der Waals surface area contributed by atoms with E-state index in [4.69, 9.17) is 11.6 Å². The van der Waals surface area contributed by atoms with Crippen molar-refractivity contribution in [1.29, 1.82) is 0 Å². The number of nitrogens with one attached hydrogen (secondary N) is 2. The van der Waals surface area contributed by atoms with E-state index in [9.17, 15) is 8.42 Å². The molecule has 28 heavy (non-hydrogen) atoms. The fourth-order valence-electron chi connectivity index (χ4n) is 3.98. The number of hydrogen-bond acceptors (Lipinski definition) is 8. The van der Waals surface area contributed by atoms with Crippen LogP contribution in [0, 0.1) is 0 Å². The summed E-state index contributed by atoms with van der Waals surface area (Å²) in [6.45, 7) is 1.61. The Morgan fingerprint density at radius 2 is 2.18 bits per heavy atom. The van der Waals surface area contributed by atoms with Crippen LogP contribution in [-0.4, -0.2) is 69.7 Å². The topological polar surface area (TPSA) is 105 Å². The molecule has 0 radical (unpaired) electrons. The summed E-state index contributed by atoms with van der Waals surface area (Å²) in [6, 6.07) is 0.405. The van der Waals surface area contributed by atoms with Crippen LogP contribution < -0.4 is 10.6 Å². The molecule has 2 atom stereocenters. The van der Waals surface area contributed by atoms with Crippen molar-refractivity contribution in [3.63, 3.8) is 0 Å². The van der Waals surface area contributed by atoms with Gasteiger partial charge < -0.3 is 10.6 Å². The van der Waals surface area contributed by atoms with Gasteiger partial charge in [0.25, 0.3) is 0 Å². The van der Waals surface area contributed by atoms with E-state index in [0.29, 0.717) is 29.1 Å². The van der Waals surface area contributed by atoms with Crippen LogP contribution in [0.15, 0.2) is 18.6 Å². The molecule has 2 aliphatic rings. The molecule has 2 aliphatic heterocycles. The Kier molecular flexibility index (Phi) is 5.44. The maximum absolute atomic E-state index is 11.8. The van der Waals surface area contributed by atoms with Gasteiger partial charge in [0.05, 0.1) is 29.6 Å². The predicted octanol–water partition coefficient (Wildman–Crippen LogP) is 1.67. The van der Waals surface area contributed by atoms with E-state index >= 15 is 0 Å². The maximum Gasteiger partial charge on any atom is 0.229 e. The summed E-state index contributed by atoms with van der Waals surface area (Å²) in [7, 11) is -1.05. The van der Waals surface area contributed by atoms with Crippen molar-refractivity contribution < 1.29 is 8.42 Å². The van der Waals surface area contributed by atoms with Gasteiger partial charge in [-0.15, -0.1) is 0 Å². The molecular weight excluding hydrogens is 402 g/mol. The highest BCUT2D eigenvalue weighted by Crippen LogP contribution is 2.28. The van der Waals surface area contributed by atoms with Crippen molar-refractivity contribution in [2.45, 2.75) is 31.3 Å². The minimum absolute atomic E-state index is 0.128. The van der Waals surface area contributed by atoms with Crippen LogP contribution in [-0.2, 0) is 16.9 Å². The molecule has 1 unspecified atom stereocenters. The molecule has 0 bridgehead atoms. The van der Waals surface area contributed by atoms with Crippen molar-refractivity contribution in [3.8, 4) is 0 Å². The molecule has 4 heterocycles. The Labute approximate surface area is 169 Å². The molecule has 2 aromatic heterocycles. The fraction of sp³-hybridized carbons (Fsp3) is 0.588. The predicted molar refractivity (Wildman–Crippen MR) is 109 cm³/mol. The average molecular weight is 426 g/mol. The van der Waals surface area contributed by atoms with Crippen molar-refractivity contribution in [3.05, 3.63) is 23.6 Å². The normalized spacial score (nSPS) is 24.5. The number of halogens is 1. The summed E-state index contributed by atoms with van der Waals surface area (Å²) in [6.07, 6.45) is 7.92. The molecule has 2 fully saturated rings. The monoisotopic (exact) mass is 425 g/mol. The molecule has 9 nitrogen and oxygen atoms in total. The first-order valence-corrected chi connectivity index (χ1v) is 11.6. The minimum Gasteiger partial charge on any atom is -0.367 e. The lowest BCUT2D eigenvalue weighted by Crippen LogP contribution is -2.43. The summed E-state index contributed by atoms with van der Waals surface area (Å²) < 4.78 is 25.3. The first kappa shape index (κ1) is 19.4. The molecule has 2 saturated heterocycles. The van der Waals surface area contributed by atoms with Crippen LogP contribution in [0.4, 0.5) is 17.5 Å². The van der Waals surface area contributed by atoms with Gasteiger partial charge in [-0.2, -0.15) is 10.1 Å². The number of aryl methyl sites for hydroxylation is 1. The van der Waals surface area contributed by atoms with Crippen LogP contribution in [0.25, 0.3) is 0 Å². The van der Waals surface area contributed by atoms with E-state index in [1.54, 1.807) is 17.1 Å². The molecule has 2 N–H and O–H groups in total. The number of anilines is 3. The highest BCUT2D eigenvalue weighted by molar-refractivity contribution is 7.91. The summed E-state index contributed by atoms with van der Waals surface area (Å²) in [5.74, 6) is 1.57. The summed E-state index contributed by atoms with van der Waals surface area (Å²) in [5, 5.41) is 11.0. The van der Waals surface area contributed by atoms with Gasteiger partial charge >= 0.3 is 0 Å². The van der Waals surface area contributed by atoms with E-state index in [1.807, 2.05) is 13.2 Å². The third-order valence-corrected chi connectivity index (χ3v) is 7.34. The van der Waals surface area contributed by atoms with Crippen LogP contribution >= 0.6 is 11.6 Å². The van der Waals surface area contributed by atoms with E-state index < -0.39 is 9.84 Å². The zero-order chi connectivity index (χ0) is 19.7. The van der Waals surface area contributed by atoms with E-state index in [0.717, 1.165) is 31.5 Å². The van der Waals surface area contributed by atoms with E-state index in [1.165, 1.54) is 0 Å². The van der Waals surface area contributed by atoms with Gasteiger partial charge in [0.15, 0.2) is 15.7 Å². The number of hydrogen-bond donors (Lipinski definition) is 2. The molecule has 0 saturated carbocycles. The largest absolute Gasteiger partial charge is 0.367 e. The third-order valence-electron chi connectivity index (χ3n) is 5.31. The molecule has 152 valence electrons. The number of nitrogens with zero attached hydrogens (tertiary/aromatic N) is 5. The SMILES string of the molecule is Cn1cc(Nc2ncc(Cl)c(NC[C@H]3CCCN3C3CCS(=O)(=O)C3)n2)cn1. The third kappa shape index (κ3) is 4.39. The number of aromatic nitrogens is 4. The quantitative estimate of drug-likeness (QED) is 0.720. The van der Waals surface area contributed by atoms with Gasteiger partial charge in [0.2, 0.25) is 5.95 Å². The van der Waals surface area contributed by atoms with Gasteiger partial charge in [0, 0.05) is 31.9 Å². The first-order chi connectivity index (χ1) is 13.4. The van der Waals surface area contributed by atoms with Crippen molar-refractivity contribution >= 4 is 38.9 Å². The number of likely N-dealkylation sites (tertiary alicyclic amines) is 1. The van der Waals surface area contributed by atoms with Gasteiger partial charge in [-0.1, -0.05) is 11.6 Å². The molecule has 0 aliphatic carbocycles. The lowest BCUT2D eigenvalue weighted by atomic mass is 10.1. The first-order valence-electron chi connectivity index (χ1n) is 9.38. The average Bonchev–Trinajstić information content (AvgIpc) is 3.35. The molecule has 11 heteroatoms. The number of rotatable bonds is 6. The van der Waals surface area contributed by atoms with Crippen LogP contribution in [0.3, 0.4) is 0 Å². The second kappa shape index (κ2) is 7.84. The van der Waals surface area contributed by atoms with Gasteiger partial charge in [-0.05, 0) is 25.8 Å². The summed E-state index contributed by atoms with van der Waals surface area (Å²) in [5.41, 5.74) is 0.792. The van der Waals surface area contributed by atoms with Crippen LogP contribution in [0.2, 0.25) is 5.02 Å². The second-order valence-electron chi connectivity index (χ2n) is 7.39. The lowest BCUT2D eigenvalue weighted by molar-refractivity contribution is 0.202. The molecule has 4 rings (SSSR count). The van der Waals surface area contributed by atoms with Gasteiger partial charge in [0.1, 0.15) is 5.02 Å². The second-order valence-corrected chi connectivity index (χ2v) is 10.0. The molecule has 2 aromatic rings. The molecular formula is C17H24ClN7O2S. The highest BCUT2D eigenvalue weighted by Gasteiger charge is 2.37. The molecule has 0 aromatic carbocycles. The van der Waals surface area contributed by atoms with Gasteiger partial charge in [-0.25, -0.2) is 13.4 Å². The zero-order valence-corrected chi connectivity index (χ0v) is 17.2. The van der Waals surface area contributed by atoms with Crippen molar-refractivity contribution in [2.24, 2.45) is 7.05 Å². The minimum atomic E-state index is -2.88. The van der Waals surface area contributed by atoms with Crippen LogP contribution in [0.5, 0.6) is 0 Å². The van der Waals surface area contributed by atoms with Crippen molar-refractivity contribution in [1.82, 2.24) is 24.6 Å². The maximum atomic E-state index is 11.8. The Hall–Kier alpha value is -1.91. The van der Waals surface area contributed by atoms with Gasteiger partial charge in [-0.3, -0.25) is 9.58 Å². The Morgan fingerprint density at radius 1 is 1.32 bits per heavy atom. The summed E-state index contributed by atoms with van der Waals surface area (Å²) >= 11 is 6.27. The fourth-order valence-corrected chi connectivity index (χ4v) is 5.88. The lowest BCUT2D eigenvalue weighted by Gasteiger charge is -2.30. The number of sulfone groups is 1. The van der Waals surface area contributed by atoms with E-state index in [2.05, 4.69) is 30.6 Å². The smallest absolute Gasteiger partial charge is 0.229 e. The highest BCUT2D eigenvalue weighted by atomic mass is 35.5. The Morgan fingerprint density at radius 3 is 2.89 bits per heavy atom.